The maximum atomic E-state index is 11.4. The van der Waals surface area contributed by atoms with Crippen molar-refractivity contribution >= 4 is 5.97 Å². The topological polar surface area (TPSA) is 26.3 Å². The summed E-state index contributed by atoms with van der Waals surface area (Å²) in [5, 5.41) is 0. The number of methoxy groups -OCH3 is 1. The highest BCUT2D eigenvalue weighted by Crippen LogP contribution is 2.44. The zero-order valence-corrected chi connectivity index (χ0v) is 10.1. The fourth-order valence-electron chi connectivity index (χ4n) is 2.55. The van der Waals surface area contributed by atoms with Crippen LogP contribution in [0, 0.1) is 11.3 Å². The highest BCUT2D eigenvalue weighted by atomic mass is 16.5. The van der Waals surface area contributed by atoms with Gasteiger partial charge in [0.15, 0.2) is 0 Å². The molecule has 2 nitrogen and oxygen atoms in total. The lowest BCUT2D eigenvalue weighted by molar-refractivity contribution is -0.143. The molecule has 0 aromatic heterocycles. The number of hydrogen-bond acceptors (Lipinski definition) is 2. The van der Waals surface area contributed by atoms with E-state index in [1.807, 2.05) is 0 Å². The molecule has 0 amide bonds. The van der Waals surface area contributed by atoms with Crippen LogP contribution in [0.1, 0.15) is 46.0 Å². The van der Waals surface area contributed by atoms with E-state index >= 15 is 0 Å². The van der Waals surface area contributed by atoms with E-state index in [4.69, 9.17) is 4.74 Å². The lowest BCUT2D eigenvalue weighted by Crippen LogP contribution is -2.28. The van der Waals surface area contributed by atoms with Crippen molar-refractivity contribution in [3.63, 3.8) is 0 Å². The summed E-state index contributed by atoms with van der Waals surface area (Å²) < 4.78 is 4.79. The summed E-state index contributed by atoms with van der Waals surface area (Å²) in [7, 11) is 1.47. The van der Waals surface area contributed by atoms with Crippen molar-refractivity contribution in [2.45, 2.75) is 46.0 Å². The lowest BCUT2D eigenvalue weighted by atomic mass is 9.71. The number of rotatable bonds is 5. The first kappa shape index (κ1) is 12.3. The molecule has 0 saturated heterocycles. The fourth-order valence-corrected chi connectivity index (χ4v) is 2.55. The molecule has 1 rings (SSSR count). The summed E-state index contributed by atoms with van der Waals surface area (Å²) in [6, 6.07) is 0. The van der Waals surface area contributed by atoms with Gasteiger partial charge in [-0.1, -0.05) is 38.8 Å². The number of ether oxygens (including phenoxy) is 1. The molecule has 1 unspecified atom stereocenters. The van der Waals surface area contributed by atoms with Crippen molar-refractivity contribution in [3.05, 3.63) is 12.2 Å². The van der Waals surface area contributed by atoms with Crippen molar-refractivity contribution in [2.75, 3.05) is 7.11 Å². The van der Waals surface area contributed by atoms with E-state index in [-0.39, 0.29) is 11.4 Å². The summed E-state index contributed by atoms with van der Waals surface area (Å²) in [5.41, 5.74) is 0.0725. The summed E-state index contributed by atoms with van der Waals surface area (Å²) in [4.78, 5) is 11.4. The van der Waals surface area contributed by atoms with Crippen LogP contribution in [-0.2, 0) is 9.53 Å². The van der Waals surface area contributed by atoms with E-state index in [2.05, 4.69) is 26.0 Å². The van der Waals surface area contributed by atoms with Crippen LogP contribution in [-0.4, -0.2) is 13.1 Å². The molecule has 0 aliphatic heterocycles. The Bertz CT molecular complexity index is 245. The third-order valence-corrected chi connectivity index (χ3v) is 3.63. The molecule has 2 heteroatoms. The Morgan fingerprint density at radius 1 is 1.60 bits per heavy atom. The summed E-state index contributed by atoms with van der Waals surface area (Å²) in [5.74, 6) is 0.491. The third-order valence-electron chi connectivity index (χ3n) is 3.63. The maximum absolute atomic E-state index is 11.4. The fraction of sp³-hybridized carbons (Fsp3) is 0.769. The molecule has 0 aromatic rings. The van der Waals surface area contributed by atoms with Gasteiger partial charge in [-0.15, -0.1) is 0 Å². The first-order chi connectivity index (χ1) is 7.14. The van der Waals surface area contributed by atoms with Crippen LogP contribution < -0.4 is 0 Å². The molecular weight excluding hydrogens is 188 g/mol. The van der Waals surface area contributed by atoms with E-state index < -0.39 is 0 Å². The minimum absolute atomic E-state index is 0.0725. The van der Waals surface area contributed by atoms with Crippen molar-refractivity contribution in [1.29, 1.82) is 0 Å². The molecule has 0 fully saturated rings. The van der Waals surface area contributed by atoms with Gasteiger partial charge in [-0.2, -0.15) is 0 Å². The van der Waals surface area contributed by atoms with Gasteiger partial charge in [-0.3, -0.25) is 4.79 Å². The lowest BCUT2D eigenvalue weighted by Gasteiger charge is -2.33. The van der Waals surface area contributed by atoms with Crippen molar-refractivity contribution < 1.29 is 9.53 Å². The Morgan fingerprint density at radius 3 is 2.80 bits per heavy atom. The monoisotopic (exact) mass is 210 g/mol. The Kier molecular flexibility index (Phi) is 4.37. The van der Waals surface area contributed by atoms with Gasteiger partial charge >= 0.3 is 5.97 Å². The molecule has 0 aromatic carbocycles. The van der Waals surface area contributed by atoms with Crippen molar-refractivity contribution in [2.24, 2.45) is 11.3 Å². The van der Waals surface area contributed by atoms with E-state index in [1.54, 1.807) is 0 Å². The second kappa shape index (κ2) is 5.34. The summed E-state index contributed by atoms with van der Waals surface area (Å²) in [6.45, 7) is 4.45. The molecule has 15 heavy (non-hydrogen) atoms. The van der Waals surface area contributed by atoms with Crippen molar-refractivity contribution in [3.8, 4) is 0 Å². The van der Waals surface area contributed by atoms with Crippen LogP contribution in [0.25, 0.3) is 0 Å². The summed E-state index contributed by atoms with van der Waals surface area (Å²) in [6.07, 6.45) is 9.55. The zero-order valence-electron chi connectivity index (χ0n) is 10.1. The first-order valence-electron chi connectivity index (χ1n) is 5.89. The highest BCUT2D eigenvalue weighted by molar-refractivity contribution is 5.70. The van der Waals surface area contributed by atoms with Crippen molar-refractivity contribution in [1.82, 2.24) is 0 Å². The number of carbonyl (C=O) groups is 1. The van der Waals surface area contributed by atoms with Crippen LogP contribution >= 0.6 is 0 Å². The zero-order chi connectivity index (χ0) is 11.3. The molecule has 1 aliphatic carbocycles. The Morgan fingerprint density at radius 2 is 2.33 bits per heavy atom. The molecule has 0 radical (unpaired) electrons. The number of allylic oxidation sites excluding steroid dienone is 2. The minimum atomic E-state index is -0.0792. The van der Waals surface area contributed by atoms with Gasteiger partial charge in [0.1, 0.15) is 0 Å². The molecular formula is C13H22O2. The second-order valence-corrected chi connectivity index (χ2v) is 4.62. The molecule has 0 saturated carbocycles. The van der Waals surface area contributed by atoms with E-state index in [1.165, 1.54) is 20.0 Å². The average Bonchev–Trinajstić information content (AvgIpc) is 2.68. The van der Waals surface area contributed by atoms with Gasteiger partial charge in [-0.05, 0) is 18.8 Å². The molecule has 1 aliphatic rings. The van der Waals surface area contributed by atoms with Gasteiger partial charge in [0, 0.05) is 5.41 Å². The minimum Gasteiger partial charge on any atom is -0.469 e. The Labute approximate surface area is 92.7 Å². The predicted molar refractivity (Wildman–Crippen MR) is 61.5 cm³/mol. The molecule has 0 N–H and O–H groups in total. The van der Waals surface area contributed by atoms with Gasteiger partial charge < -0.3 is 4.74 Å². The normalized spacial score (nSPS) is 26.6. The summed E-state index contributed by atoms with van der Waals surface area (Å²) >= 11 is 0. The third kappa shape index (κ3) is 2.83. The molecule has 86 valence electrons. The van der Waals surface area contributed by atoms with Crippen LogP contribution in [0.15, 0.2) is 12.2 Å². The SMILES string of the molecule is CCCC(C)[C@@]1(CC(=O)OC)C=CCC1. The number of hydrogen-bond donors (Lipinski definition) is 0. The van der Waals surface area contributed by atoms with Gasteiger partial charge in [0.25, 0.3) is 0 Å². The standard InChI is InChI=1S/C13H22O2/c1-4-7-11(2)13(8-5-6-9-13)10-12(14)15-3/h5,8,11H,4,6-7,9-10H2,1-3H3/t11?,13-/m0/s1. The van der Waals surface area contributed by atoms with Gasteiger partial charge in [-0.25, -0.2) is 0 Å². The molecule has 0 bridgehead atoms. The van der Waals surface area contributed by atoms with Crippen LogP contribution in [0.2, 0.25) is 0 Å². The number of carbonyl (C=O) groups excluding carboxylic acids is 1. The van der Waals surface area contributed by atoms with Crippen LogP contribution in [0.3, 0.4) is 0 Å². The van der Waals surface area contributed by atoms with Crippen LogP contribution in [0.4, 0.5) is 0 Å². The quantitative estimate of drug-likeness (QED) is 0.514. The first-order valence-corrected chi connectivity index (χ1v) is 5.89. The van der Waals surface area contributed by atoms with E-state index in [0.29, 0.717) is 12.3 Å². The van der Waals surface area contributed by atoms with Gasteiger partial charge in [0.2, 0.25) is 0 Å². The predicted octanol–water partition coefficient (Wildman–Crippen LogP) is 3.32. The largest absolute Gasteiger partial charge is 0.469 e. The second-order valence-electron chi connectivity index (χ2n) is 4.62. The smallest absolute Gasteiger partial charge is 0.306 e. The average molecular weight is 210 g/mol. The molecule has 0 heterocycles. The number of esters is 1. The Hall–Kier alpha value is -0.790. The maximum Gasteiger partial charge on any atom is 0.306 e. The van der Waals surface area contributed by atoms with E-state index in [9.17, 15) is 4.79 Å². The molecule has 2 atom stereocenters. The Balaban J connectivity index is 2.70. The molecule has 0 spiro atoms. The highest BCUT2D eigenvalue weighted by Gasteiger charge is 2.37. The van der Waals surface area contributed by atoms with Crippen LogP contribution in [0.5, 0.6) is 0 Å². The van der Waals surface area contributed by atoms with Gasteiger partial charge in [0.05, 0.1) is 13.5 Å². The van der Waals surface area contributed by atoms with E-state index in [0.717, 1.165) is 12.8 Å².